The minimum absolute atomic E-state index is 0.0544. The predicted molar refractivity (Wildman–Crippen MR) is 113 cm³/mol. The lowest BCUT2D eigenvalue weighted by Crippen LogP contribution is -2.27. The van der Waals surface area contributed by atoms with Crippen molar-refractivity contribution < 1.29 is 13.2 Å². The van der Waals surface area contributed by atoms with E-state index in [2.05, 4.69) is 28.2 Å². The molecular weight excluding hydrogens is 372 g/mol. The first-order valence-corrected chi connectivity index (χ1v) is 11.6. The minimum atomic E-state index is -3.38. The van der Waals surface area contributed by atoms with Gasteiger partial charge in [0.05, 0.1) is 11.8 Å². The van der Waals surface area contributed by atoms with Crippen LogP contribution in [-0.2, 0) is 22.9 Å². The number of sulfonamides is 1. The van der Waals surface area contributed by atoms with E-state index in [1.54, 1.807) is 24.3 Å². The van der Waals surface area contributed by atoms with Gasteiger partial charge in [-0.2, -0.15) is 0 Å². The Balaban J connectivity index is 1.70. The fourth-order valence-electron chi connectivity index (χ4n) is 3.61. The number of carbonyl (C=O) groups excluding carboxylic acids is 1. The van der Waals surface area contributed by atoms with E-state index in [0.717, 1.165) is 18.4 Å². The van der Waals surface area contributed by atoms with E-state index in [4.69, 9.17) is 0 Å². The summed E-state index contributed by atoms with van der Waals surface area (Å²) in [5, 5.41) is 3.02. The van der Waals surface area contributed by atoms with E-state index in [1.807, 2.05) is 13.8 Å². The highest BCUT2D eigenvalue weighted by molar-refractivity contribution is 7.92. The normalized spacial score (nSPS) is 14.8. The van der Waals surface area contributed by atoms with Crippen LogP contribution in [0.15, 0.2) is 42.5 Å². The van der Waals surface area contributed by atoms with Crippen LogP contribution in [0.5, 0.6) is 0 Å². The maximum Gasteiger partial charge on any atom is 0.251 e. The second-order valence-corrected chi connectivity index (χ2v) is 9.27. The van der Waals surface area contributed by atoms with Gasteiger partial charge in [-0.1, -0.05) is 31.2 Å². The number of hydrogen-bond donors (Lipinski definition) is 2. The summed E-state index contributed by atoms with van der Waals surface area (Å²) in [5.41, 5.74) is 4.73. The Bertz CT molecular complexity index is 954. The van der Waals surface area contributed by atoms with Crippen molar-refractivity contribution in [3.63, 3.8) is 0 Å². The molecule has 0 saturated heterocycles. The lowest BCUT2D eigenvalue weighted by Gasteiger charge is -2.20. The van der Waals surface area contributed by atoms with Crippen molar-refractivity contribution in [3.05, 3.63) is 64.7 Å². The standard InChI is InChI=1S/C22H28N2O3S/c1-3-13-28(26,27)24-21-10-6-9-20(15-21)22(25)23-16(2)18-12-11-17-7-4-5-8-19(17)14-18/h6,9-12,14-16,24H,3-5,7-8,13H2,1-2H3,(H,23,25). The Kier molecular flexibility index (Phi) is 6.39. The Morgan fingerprint density at radius 2 is 1.82 bits per heavy atom. The molecule has 0 heterocycles. The Hall–Kier alpha value is -2.34. The largest absolute Gasteiger partial charge is 0.346 e. The molecule has 28 heavy (non-hydrogen) atoms. The highest BCUT2D eigenvalue weighted by Crippen LogP contribution is 2.25. The van der Waals surface area contributed by atoms with Crippen LogP contribution in [0.2, 0.25) is 0 Å². The van der Waals surface area contributed by atoms with Gasteiger partial charge in [0.2, 0.25) is 10.0 Å². The van der Waals surface area contributed by atoms with E-state index in [0.29, 0.717) is 17.7 Å². The Morgan fingerprint density at radius 3 is 2.57 bits per heavy atom. The first-order chi connectivity index (χ1) is 13.4. The average molecular weight is 401 g/mol. The van der Waals surface area contributed by atoms with Crippen LogP contribution >= 0.6 is 0 Å². The number of carbonyl (C=O) groups is 1. The quantitative estimate of drug-likeness (QED) is 0.731. The summed E-state index contributed by atoms with van der Waals surface area (Å²) in [7, 11) is -3.38. The number of amides is 1. The van der Waals surface area contributed by atoms with Crippen LogP contribution in [0.4, 0.5) is 5.69 Å². The Morgan fingerprint density at radius 1 is 1.07 bits per heavy atom. The molecule has 3 rings (SSSR count). The molecule has 2 aromatic carbocycles. The summed E-state index contributed by atoms with van der Waals surface area (Å²) in [6.45, 7) is 3.78. The summed E-state index contributed by atoms with van der Waals surface area (Å²) >= 11 is 0. The fraction of sp³-hybridized carbons (Fsp3) is 0.409. The molecule has 1 amide bonds. The van der Waals surface area contributed by atoms with Crippen LogP contribution in [0.25, 0.3) is 0 Å². The third-order valence-electron chi connectivity index (χ3n) is 5.09. The zero-order valence-corrected chi connectivity index (χ0v) is 17.3. The molecule has 0 spiro atoms. The van der Waals surface area contributed by atoms with Crippen molar-refractivity contribution in [2.24, 2.45) is 0 Å². The molecule has 1 aliphatic carbocycles. The van der Waals surface area contributed by atoms with E-state index in [1.165, 1.54) is 24.0 Å². The van der Waals surface area contributed by atoms with Gasteiger partial charge < -0.3 is 5.32 Å². The van der Waals surface area contributed by atoms with E-state index >= 15 is 0 Å². The van der Waals surface area contributed by atoms with Crippen LogP contribution < -0.4 is 10.0 Å². The van der Waals surface area contributed by atoms with E-state index in [-0.39, 0.29) is 17.7 Å². The van der Waals surface area contributed by atoms with Gasteiger partial charge in [-0.3, -0.25) is 9.52 Å². The smallest absolute Gasteiger partial charge is 0.251 e. The van der Waals surface area contributed by atoms with Crippen molar-refractivity contribution in [2.75, 3.05) is 10.5 Å². The van der Waals surface area contributed by atoms with Crippen LogP contribution in [0.3, 0.4) is 0 Å². The third-order valence-corrected chi connectivity index (χ3v) is 6.58. The zero-order valence-electron chi connectivity index (χ0n) is 16.5. The molecule has 0 aromatic heterocycles. The first-order valence-electron chi connectivity index (χ1n) is 9.91. The molecule has 0 saturated carbocycles. The van der Waals surface area contributed by atoms with Gasteiger partial charge in [0.15, 0.2) is 0 Å². The first kappa shape index (κ1) is 20.4. The topological polar surface area (TPSA) is 75.3 Å². The highest BCUT2D eigenvalue weighted by atomic mass is 32.2. The van der Waals surface area contributed by atoms with Gasteiger partial charge in [0.1, 0.15) is 0 Å². The minimum Gasteiger partial charge on any atom is -0.346 e. The maximum atomic E-state index is 12.7. The van der Waals surface area contributed by atoms with Crippen molar-refractivity contribution >= 4 is 21.6 Å². The summed E-state index contributed by atoms with van der Waals surface area (Å²) in [5.74, 6) is -0.166. The second-order valence-electron chi connectivity index (χ2n) is 7.43. The summed E-state index contributed by atoms with van der Waals surface area (Å²) in [6.07, 6.45) is 5.24. The van der Waals surface area contributed by atoms with Gasteiger partial charge in [-0.25, -0.2) is 8.42 Å². The molecule has 1 aliphatic rings. The molecule has 0 bridgehead atoms. The lowest BCUT2D eigenvalue weighted by atomic mass is 9.89. The number of rotatable bonds is 7. The molecule has 2 aromatic rings. The van der Waals surface area contributed by atoms with Crippen molar-refractivity contribution in [2.45, 2.75) is 52.0 Å². The molecule has 1 atom stereocenters. The van der Waals surface area contributed by atoms with Crippen molar-refractivity contribution in [1.82, 2.24) is 5.32 Å². The van der Waals surface area contributed by atoms with Crippen LogP contribution in [0.1, 0.15) is 66.2 Å². The monoisotopic (exact) mass is 400 g/mol. The lowest BCUT2D eigenvalue weighted by molar-refractivity contribution is 0.0940. The molecular formula is C22H28N2O3S. The molecule has 1 unspecified atom stereocenters. The molecule has 0 fully saturated rings. The maximum absolute atomic E-state index is 12.7. The second kappa shape index (κ2) is 8.78. The number of hydrogen-bond acceptors (Lipinski definition) is 3. The SMILES string of the molecule is CCCS(=O)(=O)Nc1cccc(C(=O)NC(C)c2ccc3c(c2)CCCC3)c1. The summed E-state index contributed by atoms with van der Waals surface area (Å²) < 4.78 is 26.4. The number of anilines is 1. The van der Waals surface area contributed by atoms with Crippen molar-refractivity contribution in [3.8, 4) is 0 Å². The third kappa shape index (κ3) is 5.13. The van der Waals surface area contributed by atoms with Gasteiger partial charge >= 0.3 is 0 Å². The predicted octanol–water partition coefficient (Wildman–Crippen LogP) is 4.21. The average Bonchev–Trinajstić information content (AvgIpc) is 2.67. The highest BCUT2D eigenvalue weighted by Gasteiger charge is 2.16. The van der Waals surface area contributed by atoms with Gasteiger partial charge in [-0.15, -0.1) is 0 Å². The molecule has 0 radical (unpaired) electrons. The Labute approximate surface area is 167 Å². The molecule has 2 N–H and O–H groups in total. The molecule has 6 heteroatoms. The fourth-order valence-corrected chi connectivity index (χ4v) is 4.73. The summed E-state index contributed by atoms with van der Waals surface area (Å²) in [4.78, 5) is 12.7. The van der Waals surface area contributed by atoms with Crippen LogP contribution in [0, 0.1) is 0 Å². The van der Waals surface area contributed by atoms with Gasteiger partial charge in [-0.05, 0) is 73.9 Å². The van der Waals surface area contributed by atoms with Crippen molar-refractivity contribution in [1.29, 1.82) is 0 Å². The molecule has 150 valence electrons. The zero-order chi connectivity index (χ0) is 20.1. The number of aryl methyl sites for hydroxylation is 2. The molecule has 5 nitrogen and oxygen atoms in total. The van der Waals surface area contributed by atoms with Crippen LogP contribution in [-0.4, -0.2) is 20.1 Å². The van der Waals surface area contributed by atoms with E-state index < -0.39 is 10.0 Å². The summed E-state index contributed by atoms with van der Waals surface area (Å²) in [6, 6.07) is 12.9. The van der Waals surface area contributed by atoms with Gasteiger partial charge in [0, 0.05) is 11.3 Å². The number of benzene rings is 2. The number of fused-ring (bicyclic) bond motifs is 1. The number of nitrogens with one attached hydrogen (secondary N) is 2. The molecule has 0 aliphatic heterocycles. The van der Waals surface area contributed by atoms with E-state index in [9.17, 15) is 13.2 Å². The van der Waals surface area contributed by atoms with Gasteiger partial charge in [0.25, 0.3) is 5.91 Å².